The molecular weight excluding hydrogens is 547 g/mol. The number of H-pyrrole nitrogens is 1. The number of rotatable bonds is 8. The second-order valence-corrected chi connectivity index (χ2v) is 9.80. The van der Waals surface area contributed by atoms with Crippen LogP contribution in [0.2, 0.25) is 0 Å². The lowest BCUT2D eigenvalue weighted by atomic mass is 10.0. The van der Waals surface area contributed by atoms with E-state index in [2.05, 4.69) is 25.6 Å². The summed E-state index contributed by atoms with van der Waals surface area (Å²) in [5, 5.41) is 6.20. The molecule has 9 nitrogen and oxygen atoms in total. The number of carbonyl (C=O) groups excluding carboxylic acids is 2. The number of aromatic amines is 1. The zero-order valence-corrected chi connectivity index (χ0v) is 22.8. The molecule has 0 fully saturated rings. The van der Waals surface area contributed by atoms with Crippen molar-refractivity contribution in [3.8, 4) is 22.5 Å². The van der Waals surface area contributed by atoms with Crippen molar-refractivity contribution < 1.29 is 14.0 Å². The average Bonchev–Trinajstić information content (AvgIpc) is 3.46. The van der Waals surface area contributed by atoms with Crippen molar-refractivity contribution >= 4 is 28.4 Å². The number of aromatic nitrogens is 4. The minimum absolute atomic E-state index is 0.188. The molecule has 3 N–H and O–H groups in total. The molecule has 3 aromatic carbocycles. The van der Waals surface area contributed by atoms with Crippen LogP contribution >= 0.6 is 0 Å². The van der Waals surface area contributed by atoms with Gasteiger partial charge in [0, 0.05) is 34.6 Å². The Balaban J connectivity index is 1.24. The Morgan fingerprint density at radius 2 is 1.60 bits per heavy atom. The Morgan fingerprint density at radius 1 is 0.860 bits per heavy atom. The molecule has 0 unspecified atom stereocenters. The molecular formula is C33H25FN6O3. The van der Waals surface area contributed by atoms with E-state index < -0.39 is 23.2 Å². The van der Waals surface area contributed by atoms with E-state index in [9.17, 15) is 14.4 Å². The number of nitrogens with one attached hydrogen (secondary N) is 3. The number of pyridine rings is 1. The van der Waals surface area contributed by atoms with Crippen molar-refractivity contribution in [1.29, 1.82) is 0 Å². The van der Waals surface area contributed by atoms with Crippen molar-refractivity contribution in [1.82, 2.24) is 24.8 Å². The molecule has 0 aliphatic rings. The standard InChI is InChI=1S/C33H25FN6O3/c34-27-16-23(21-7-3-1-4-8-21)11-12-26(27)32(42)39-29-19-37-31(22-9-5-2-6-10-22)40(33(29)43)20-30(41)36-18-25-15-24-17-35-14-13-28(24)38-25/h1-17,19,38H,18,20H2,(H,36,41)(H,39,42). The number of nitrogens with zero attached hydrogens (tertiary/aromatic N) is 3. The third-order valence-corrected chi connectivity index (χ3v) is 6.90. The summed E-state index contributed by atoms with van der Waals surface area (Å²) >= 11 is 0. The van der Waals surface area contributed by atoms with Crippen LogP contribution in [0, 0.1) is 5.82 Å². The molecule has 0 radical (unpaired) electrons. The molecule has 6 aromatic rings. The lowest BCUT2D eigenvalue weighted by Gasteiger charge is -2.14. The summed E-state index contributed by atoms with van der Waals surface area (Å²) in [7, 11) is 0. The zero-order valence-electron chi connectivity index (χ0n) is 22.8. The largest absolute Gasteiger partial charge is 0.357 e. The van der Waals surface area contributed by atoms with Crippen molar-refractivity contribution in [3.63, 3.8) is 0 Å². The maximum atomic E-state index is 15.0. The molecule has 43 heavy (non-hydrogen) atoms. The molecule has 0 spiro atoms. The molecule has 2 amide bonds. The molecule has 3 aromatic heterocycles. The first-order valence-electron chi connectivity index (χ1n) is 13.5. The van der Waals surface area contributed by atoms with Crippen LogP contribution in [0.4, 0.5) is 10.1 Å². The quantitative estimate of drug-likeness (QED) is 0.233. The van der Waals surface area contributed by atoms with Gasteiger partial charge in [-0.3, -0.25) is 23.9 Å². The van der Waals surface area contributed by atoms with Crippen LogP contribution in [0.5, 0.6) is 0 Å². The van der Waals surface area contributed by atoms with E-state index in [-0.39, 0.29) is 30.2 Å². The summed E-state index contributed by atoms with van der Waals surface area (Å²) in [5.74, 6) is -1.74. The molecule has 0 bridgehead atoms. The maximum absolute atomic E-state index is 15.0. The number of carbonyl (C=O) groups is 2. The smallest absolute Gasteiger partial charge is 0.278 e. The lowest BCUT2D eigenvalue weighted by molar-refractivity contribution is -0.121. The van der Waals surface area contributed by atoms with Crippen molar-refractivity contribution in [2.75, 3.05) is 5.32 Å². The van der Waals surface area contributed by atoms with Gasteiger partial charge in [0.2, 0.25) is 5.91 Å². The Labute approximate surface area is 245 Å². The molecule has 3 heterocycles. The van der Waals surface area contributed by atoms with E-state index in [1.54, 1.807) is 42.7 Å². The molecule has 0 saturated heterocycles. The number of hydrogen-bond acceptors (Lipinski definition) is 5. The molecule has 0 atom stereocenters. The molecule has 0 aliphatic carbocycles. The highest BCUT2D eigenvalue weighted by atomic mass is 19.1. The van der Waals surface area contributed by atoms with Gasteiger partial charge in [-0.2, -0.15) is 0 Å². The first-order valence-corrected chi connectivity index (χ1v) is 13.5. The average molecular weight is 573 g/mol. The van der Waals surface area contributed by atoms with Gasteiger partial charge in [-0.05, 0) is 35.4 Å². The van der Waals surface area contributed by atoms with Gasteiger partial charge in [-0.25, -0.2) is 9.37 Å². The van der Waals surface area contributed by atoms with Crippen LogP contribution in [-0.4, -0.2) is 31.3 Å². The van der Waals surface area contributed by atoms with Crippen molar-refractivity contribution in [2.45, 2.75) is 13.1 Å². The number of halogens is 1. The van der Waals surface area contributed by atoms with Crippen LogP contribution in [0.15, 0.2) is 114 Å². The summed E-state index contributed by atoms with van der Waals surface area (Å²) in [6, 6.07) is 26.1. The predicted molar refractivity (Wildman–Crippen MR) is 162 cm³/mol. The van der Waals surface area contributed by atoms with Crippen LogP contribution in [0.1, 0.15) is 16.1 Å². The third-order valence-electron chi connectivity index (χ3n) is 6.90. The highest BCUT2D eigenvalue weighted by molar-refractivity contribution is 6.04. The van der Waals surface area contributed by atoms with E-state index in [1.165, 1.54) is 22.9 Å². The van der Waals surface area contributed by atoms with Crippen molar-refractivity contribution in [2.24, 2.45) is 0 Å². The van der Waals surface area contributed by atoms with E-state index >= 15 is 4.39 Å². The Kier molecular flexibility index (Phi) is 7.56. The zero-order chi connectivity index (χ0) is 29.8. The van der Waals surface area contributed by atoms with Gasteiger partial charge in [0.1, 0.15) is 23.9 Å². The van der Waals surface area contributed by atoms with Gasteiger partial charge in [-0.1, -0.05) is 66.7 Å². The topological polar surface area (TPSA) is 122 Å². The number of benzene rings is 3. The van der Waals surface area contributed by atoms with Crippen LogP contribution < -0.4 is 16.2 Å². The lowest BCUT2D eigenvalue weighted by Crippen LogP contribution is -2.35. The van der Waals surface area contributed by atoms with Gasteiger partial charge in [0.15, 0.2) is 0 Å². The number of anilines is 1. The predicted octanol–water partition coefficient (Wildman–Crippen LogP) is 5.16. The normalized spacial score (nSPS) is 10.9. The first kappa shape index (κ1) is 27.3. The number of hydrogen-bond donors (Lipinski definition) is 3. The minimum Gasteiger partial charge on any atom is -0.357 e. The minimum atomic E-state index is -0.812. The number of amides is 2. The second kappa shape index (κ2) is 11.9. The fourth-order valence-electron chi connectivity index (χ4n) is 4.76. The van der Waals surface area contributed by atoms with Gasteiger partial charge in [0.05, 0.1) is 18.3 Å². The molecule has 6 rings (SSSR count). The Hall–Kier alpha value is -5.90. The molecule has 0 saturated carbocycles. The third kappa shape index (κ3) is 5.94. The molecule has 0 aliphatic heterocycles. The number of fused-ring (bicyclic) bond motifs is 1. The summed E-state index contributed by atoms with van der Waals surface area (Å²) in [5.41, 5.74) is 2.60. The Bertz CT molecular complexity index is 1970. The van der Waals surface area contributed by atoms with E-state index in [1.807, 2.05) is 48.5 Å². The van der Waals surface area contributed by atoms with Crippen LogP contribution in [0.3, 0.4) is 0 Å². The van der Waals surface area contributed by atoms with Crippen molar-refractivity contribution in [3.05, 3.63) is 137 Å². The van der Waals surface area contributed by atoms with Gasteiger partial charge in [-0.15, -0.1) is 0 Å². The summed E-state index contributed by atoms with van der Waals surface area (Å²) < 4.78 is 16.2. The summed E-state index contributed by atoms with van der Waals surface area (Å²) in [6.45, 7) is -0.160. The Morgan fingerprint density at radius 3 is 2.33 bits per heavy atom. The fourth-order valence-corrected chi connectivity index (χ4v) is 4.76. The van der Waals surface area contributed by atoms with Gasteiger partial charge < -0.3 is 15.6 Å². The van der Waals surface area contributed by atoms with Crippen LogP contribution in [-0.2, 0) is 17.9 Å². The van der Waals surface area contributed by atoms with Crippen LogP contribution in [0.25, 0.3) is 33.4 Å². The summed E-state index contributed by atoms with van der Waals surface area (Å²) in [6.07, 6.45) is 4.61. The first-order chi connectivity index (χ1) is 21.0. The second-order valence-electron chi connectivity index (χ2n) is 9.80. The summed E-state index contributed by atoms with van der Waals surface area (Å²) in [4.78, 5) is 51.4. The highest BCUT2D eigenvalue weighted by Crippen LogP contribution is 2.23. The van der Waals surface area contributed by atoms with E-state index in [0.717, 1.165) is 22.2 Å². The molecule has 212 valence electrons. The van der Waals surface area contributed by atoms with E-state index in [4.69, 9.17) is 0 Å². The highest BCUT2D eigenvalue weighted by Gasteiger charge is 2.19. The van der Waals surface area contributed by atoms with Gasteiger partial charge >= 0.3 is 0 Å². The SMILES string of the molecule is O=C(Cn1c(-c2ccccc2)ncc(NC(=O)c2ccc(-c3ccccc3)cc2F)c1=O)NCc1cc2cnccc2[nH]1. The van der Waals surface area contributed by atoms with E-state index in [0.29, 0.717) is 11.1 Å². The van der Waals surface area contributed by atoms with Gasteiger partial charge in [0.25, 0.3) is 11.5 Å². The maximum Gasteiger partial charge on any atom is 0.278 e. The molecule has 10 heteroatoms. The fraction of sp³-hybridized carbons (Fsp3) is 0.0606. The monoisotopic (exact) mass is 572 g/mol.